The van der Waals surface area contributed by atoms with Crippen LogP contribution in [0.15, 0.2) is 36.4 Å². The molecule has 1 aromatic carbocycles. The number of ether oxygens (including phenoxy) is 1. The van der Waals surface area contributed by atoms with Crippen LogP contribution in [-0.4, -0.2) is 28.8 Å². The van der Waals surface area contributed by atoms with Crippen LogP contribution in [0.5, 0.6) is 0 Å². The minimum atomic E-state index is -0.157. The Morgan fingerprint density at radius 3 is 2.76 bits per heavy atom. The highest BCUT2D eigenvalue weighted by Gasteiger charge is 2.08. The third-order valence-corrected chi connectivity index (χ3v) is 4.30. The smallest absolute Gasteiger partial charge is 0.244 e. The first kappa shape index (κ1) is 19.2. The normalized spacial score (nSPS) is 12.5. The van der Waals surface area contributed by atoms with E-state index < -0.39 is 0 Å². The first-order chi connectivity index (χ1) is 12.0. The molecule has 0 spiro atoms. The Morgan fingerprint density at radius 1 is 1.40 bits per heavy atom. The van der Waals surface area contributed by atoms with Crippen molar-refractivity contribution in [1.29, 1.82) is 0 Å². The topological polar surface area (TPSA) is 56.2 Å². The number of nitrogens with one attached hydrogen (secondary N) is 1. The molecule has 0 radical (unpaired) electrons. The van der Waals surface area contributed by atoms with E-state index in [2.05, 4.69) is 10.4 Å². The van der Waals surface area contributed by atoms with Gasteiger partial charge in [0, 0.05) is 31.8 Å². The van der Waals surface area contributed by atoms with E-state index in [0.717, 1.165) is 23.2 Å². The van der Waals surface area contributed by atoms with Crippen LogP contribution in [0.4, 0.5) is 0 Å². The summed E-state index contributed by atoms with van der Waals surface area (Å²) in [7, 11) is 1.77. The van der Waals surface area contributed by atoms with Crippen LogP contribution >= 0.6 is 11.6 Å². The van der Waals surface area contributed by atoms with Crippen LogP contribution < -0.4 is 5.32 Å². The van der Waals surface area contributed by atoms with Gasteiger partial charge in [0.1, 0.15) is 5.15 Å². The molecule has 1 amide bonds. The van der Waals surface area contributed by atoms with Crippen molar-refractivity contribution in [3.05, 3.63) is 58.4 Å². The predicted octanol–water partition coefficient (Wildman–Crippen LogP) is 3.68. The molecule has 134 valence electrons. The molecule has 1 heterocycles. The van der Waals surface area contributed by atoms with Crippen molar-refractivity contribution in [1.82, 2.24) is 15.1 Å². The van der Waals surface area contributed by atoms with Gasteiger partial charge in [-0.1, -0.05) is 41.9 Å². The molecule has 0 aliphatic rings. The summed E-state index contributed by atoms with van der Waals surface area (Å²) in [5.41, 5.74) is 2.71. The molecule has 1 N–H and O–H groups in total. The zero-order chi connectivity index (χ0) is 18.2. The maximum Gasteiger partial charge on any atom is 0.244 e. The molecular formula is C19H24ClN3O2. The third kappa shape index (κ3) is 5.73. The summed E-state index contributed by atoms with van der Waals surface area (Å²) < 4.78 is 7.36. The van der Waals surface area contributed by atoms with Gasteiger partial charge in [0.15, 0.2) is 0 Å². The Labute approximate surface area is 153 Å². The number of benzene rings is 1. The second-order valence-electron chi connectivity index (χ2n) is 5.82. The molecule has 0 saturated heterocycles. The van der Waals surface area contributed by atoms with E-state index in [9.17, 15) is 4.79 Å². The lowest BCUT2D eigenvalue weighted by atomic mass is 10.1. The molecule has 25 heavy (non-hydrogen) atoms. The van der Waals surface area contributed by atoms with E-state index >= 15 is 0 Å². The number of carbonyl (C=O) groups excluding carboxylic acids is 1. The van der Waals surface area contributed by atoms with Gasteiger partial charge in [-0.05, 0) is 31.9 Å². The first-order valence-corrected chi connectivity index (χ1v) is 8.68. The third-order valence-electron chi connectivity index (χ3n) is 3.85. The van der Waals surface area contributed by atoms with E-state index in [1.54, 1.807) is 17.8 Å². The maximum absolute atomic E-state index is 11.9. The van der Waals surface area contributed by atoms with Gasteiger partial charge in [-0.2, -0.15) is 5.10 Å². The second-order valence-corrected chi connectivity index (χ2v) is 6.17. The lowest BCUT2D eigenvalue weighted by molar-refractivity contribution is -0.116. The summed E-state index contributed by atoms with van der Waals surface area (Å²) in [6, 6.07) is 10.1. The van der Waals surface area contributed by atoms with Crippen molar-refractivity contribution in [3.8, 4) is 0 Å². The van der Waals surface area contributed by atoms with E-state index in [4.69, 9.17) is 16.3 Å². The van der Waals surface area contributed by atoms with E-state index in [-0.39, 0.29) is 12.0 Å². The SMILES string of the molecule is Cc1nn(C)c(Cl)c1/C=C/C(=O)NCCCOC(C)c1ccccc1. The van der Waals surface area contributed by atoms with Gasteiger partial charge < -0.3 is 10.1 Å². The standard InChI is InChI=1S/C19H24ClN3O2/c1-14-17(19(20)23(3)22-14)10-11-18(24)21-12-7-13-25-15(2)16-8-5-4-6-9-16/h4-6,8-11,15H,7,12-13H2,1-3H3,(H,21,24)/b11-10+. The summed E-state index contributed by atoms with van der Waals surface area (Å²) in [6.45, 7) is 5.03. The summed E-state index contributed by atoms with van der Waals surface area (Å²) in [6.07, 6.45) is 3.97. The predicted molar refractivity (Wildman–Crippen MR) is 100 cm³/mol. The molecule has 2 rings (SSSR count). The highest BCUT2D eigenvalue weighted by molar-refractivity contribution is 6.31. The van der Waals surface area contributed by atoms with Gasteiger partial charge in [-0.15, -0.1) is 0 Å². The van der Waals surface area contributed by atoms with Gasteiger partial charge in [0.05, 0.1) is 11.8 Å². The molecule has 1 aromatic heterocycles. The quantitative estimate of drug-likeness (QED) is 0.576. The molecule has 0 aliphatic carbocycles. The Hall–Kier alpha value is -2.11. The fourth-order valence-corrected chi connectivity index (χ4v) is 2.66. The number of carbonyl (C=O) groups is 1. The zero-order valence-corrected chi connectivity index (χ0v) is 15.6. The fourth-order valence-electron chi connectivity index (χ4n) is 2.42. The minimum Gasteiger partial charge on any atom is -0.374 e. The number of rotatable bonds is 8. The monoisotopic (exact) mass is 361 g/mol. The number of aromatic nitrogens is 2. The Bertz CT molecular complexity index is 726. The number of aryl methyl sites for hydroxylation is 2. The number of amides is 1. The number of halogens is 1. The molecule has 0 fully saturated rings. The van der Waals surface area contributed by atoms with Gasteiger partial charge >= 0.3 is 0 Å². The highest BCUT2D eigenvalue weighted by atomic mass is 35.5. The Morgan fingerprint density at radius 2 is 2.12 bits per heavy atom. The van der Waals surface area contributed by atoms with Crippen LogP contribution in [0.2, 0.25) is 5.15 Å². The Kier molecular flexibility index (Phi) is 7.22. The summed E-state index contributed by atoms with van der Waals surface area (Å²) in [5, 5.41) is 7.56. The van der Waals surface area contributed by atoms with Crippen LogP contribution in [-0.2, 0) is 16.6 Å². The number of nitrogens with zero attached hydrogens (tertiary/aromatic N) is 2. The van der Waals surface area contributed by atoms with Crippen LogP contribution in [0.1, 0.15) is 36.3 Å². The summed E-state index contributed by atoms with van der Waals surface area (Å²) in [4.78, 5) is 11.9. The van der Waals surface area contributed by atoms with Gasteiger partial charge in [0.25, 0.3) is 0 Å². The van der Waals surface area contributed by atoms with E-state index in [1.165, 1.54) is 6.08 Å². The average molecular weight is 362 g/mol. The Balaban J connectivity index is 1.68. The van der Waals surface area contributed by atoms with Crippen LogP contribution in [0, 0.1) is 6.92 Å². The average Bonchev–Trinajstić information content (AvgIpc) is 2.85. The van der Waals surface area contributed by atoms with Crippen molar-refractivity contribution in [3.63, 3.8) is 0 Å². The van der Waals surface area contributed by atoms with Crippen LogP contribution in [0.25, 0.3) is 6.08 Å². The van der Waals surface area contributed by atoms with Crippen molar-refractivity contribution in [2.24, 2.45) is 7.05 Å². The molecular weight excluding hydrogens is 338 g/mol. The highest BCUT2D eigenvalue weighted by Crippen LogP contribution is 2.19. The summed E-state index contributed by atoms with van der Waals surface area (Å²) in [5.74, 6) is -0.157. The van der Waals surface area contributed by atoms with E-state index in [0.29, 0.717) is 18.3 Å². The molecule has 1 unspecified atom stereocenters. The minimum absolute atomic E-state index is 0.0486. The molecule has 0 bridgehead atoms. The zero-order valence-electron chi connectivity index (χ0n) is 14.8. The molecule has 6 heteroatoms. The second kappa shape index (κ2) is 9.39. The molecule has 1 atom stereocenters. The first-order valence-electron chi connectivity index (χ1n) is 8.30. The molecule has 2 aromatic rings. The summed E-state index contributed by atoms with van der Waals surface area (Å²) >= 11 is 6.12. The van der Waals surface area contributed by atoms with Gasteiger partial charge in [-0.25, -0.2) is 0 Å². The number of hydrogen-bond acceptors (Lipinski definition) is 3. The van der Waals surface area contributed by atoms with E-state index in [1.807, 2.05) is 44.2 Å². The van der Waals surface area contributed by atoms with Crippen molar-refractivity contribution in [2.75, 3.05) is 13.2 Å². The lowest BCUT2D eigenvalue weighted by Crippen LogP contribution is -2.23. The van der Waals surface area contributed by atoms with Crippen molar-refractivity contribution in [2.45, 2.75) is 26.4 Å². The largest absolute Gasteiger partial charge is 0.374 e. The molecule has 0 saturated carbocycles. The fraction of sp³-hybridized carbons (Fsp3) is 0.368. The maximum atomic E-state index is 11.9. The lowest BCUT2D eigenvalue weighted by Gasteiger charge is -2.13. The molecule has 0 aliphatic heterocycles. The van der Waals surface area contributed by atoms with Gasteiger partial charge in [0.2, 0.25) is 5.91 Å². The molecule has 5 nitrogen and oxygen atoms in total. The number of hydrogen-bond donors (Lipinski definition) is 1. The van der Waals surface area contributed by atoms with Gasteiger partial charge in [-0.3, -0.25) is 9.48 Å². The van der Waals surface area contributed by atoms with Crippen LogP contribution in [0.3, 0.4) is 0 Å². The van der Waals surface area contributed by atoms with Crippen molar-refractivity contribution < 1.29 is 9.53 Å². The van der Waals surface area contributed by atoms with Crippen molar-refractivity contribution >= 4 is 23.6 Å².